The van der Waals surface area contributed by atoms with Gasteiger partial charge in [0.15, 0.2) is 11.5 Å². The van der Waals surface area contributed by atoms with Gasteiger partial charge < -0.3 is 30.4 Å². The maximum absolute atomic E-state index is 9.68. The van der Waals surface area contributed by atoms with Gasteiger partial charge in [0, 0.05) is 17.8 Å². The lowest BCUT2D eigenvalue weighted by Gasteiger charge is -2.09. The van der Waals surface area contributed by atoms with E-state index in [-0.39, 0.29) is 18.9 Å². The molecule has 1 atom stereocenters. The number of imidazole rings is 1. The van der Waals surface area contributed by atoms with Gasteiger partial charge >= 0.3 is 0 Å². The van der Waals surface area contributed by atoms with Crippen LogP contribution < -0.4 is 10.1 Å². The number of methoxy groups -OCH3 is 1. The summed E-state index contributed by atoms with van der Waals surface area (Å²) in [6.45, 7) is -0.0235. The average molecular weight is 329 g/mol. The molecule has 3 aromatic rings. The van der Waals surface area contributed by atoms with E-state index in [1.807, 2.05) is 18.2 Å². The van der Waals surface area contributed by atoms with Gasteiger partial charge in [-0.25, -0.2) is 4.98 Å². The summed E-state index contributed by atoms with van der Waals surface area (Å²) in [5.74, 6) is 1.12. The molecule has 3 rings (SSSR count). The smallest absolute Gasteiger partial charge is 0.161 e. The molecule has 0 spiro atoms. The van der Waals surface area contributed by atoms with Gasteiger partial charge in [-0.15, -0.1) is 0 Å². The van der Waals surface area contributed by atoms with E-state index in [1.165, 1.54) is 7.11 Å². The highest BCUT2D eigenvalue weighted by Crippen LogP contribution is 2.31. The van der Waals surface area contributed by atoms with Gasteiger partial charge in [0.05, 0.1) is 30.9 Å². The molecule has 0 saturated heterocycles. The van der Waals surface area contributed by atoms with Gasteiger partial charge in [0.2, 0.25) is 0 Å². The van der Waals surface area contributed by atoms with E-state index in [4.69, 9.17) is 9.84 Å². The largest absolute Gasteiger partial charge is 0.504 e. The van der Waals surface area contributed by atoms with E-state index < -0.39 is 6.10 Å². The topological polar surface area (TPSA) is 111 Å². The molecule has 1 heterocycles. The Morgan fingerprint density at radius 3 is 2.83 bits per heavy atom. The Morgan fingerprint density at radius 2 is 2.08 bits per heavy atom. The van der Waals surface area contributed by atoms with Crippen molar-refractivity contribution >= 4 is 16.7 Å². The fourth-order valence-electron chi connectivity index (χ4n) is 2.38. The van der Waals surface area contributed by atoms with Crippen molar-refractivity contribution in [3.05, 3.63) is 36.4 Å². The molecule has 0 aliphatic heterocycles. The summed E-state index contributed by atoms with van der Waals surface area (Å²) in [5, 5.41) is 31.0. The van der Waals surface area contributed by atoms with Crippen molar-refractivity contribution in [3.63, 3.8) is 0 Å². The van der Waals surface area contributed by atoms with Crippen LogP contribution in [0.4, 0.5) is 5.69 Å². The Kier molecular flexibility index (Phi) is 4.54. The second kappa shape index (κ2) is 6.77. The third-order valence-corrected chi connectivity index (χ3v) is 3.69. The number of ether oxygens (including phenoxy) is 1. The lowest BCUT2D eigenvalue weighted by molar-refractivity contribution is 0.105. The van der Waals surface area contributed by atoms with Crippen LogP contribution in [-0.2, 0) is 0 Å². The van der Waals surface area contributed by atoms with E-state index in [0.29, 0.717) is 11.6 Å². The number of hydrogen-bond acceptors (Lipinski definition) is 6. The zero-order valence-electron chi connectivity index (χ0n) is 13.2. The summed E-state index contributed by atoms with van der Waals surface area (Å²) in [5.41, 5.74) is 3.24. The molecule has 7 heteroatoms. The minimum absolute atomic E-state index is 0.0753. The Labute approximate surface area is 138 Å². The molecule has 1 unspecified atom stereocenters. The SMILES string of the molecule is COc1cc(-c2nc3ccc(NCC(O)CO)cc3[nH]2)ccc1O. The third-order valence-electron chi connectivity index (χ3n) is 3.69. The lowest BCUT2D eigenvalue weighted by atomic mass is 10.2. The van der Waals surface area contributed by atoms with Gasteiger partial charge in [0.1, 0.15) is 5.82 Å². The summed E-state index contributed by atoms with van der Waals surface area (Å²) in [6.07, 6.45) is -0.803. The van der Waals surface area contributed by atoms with Crippen molar-refractivity contribution in [2.24, 2.45) is 0 Å². The van der Waals surface area contributed by atoms with Crippen LogP contribution in [0, 0.1) is 0 Å². The summed E-state index contributed by atoms with van der Waals surface area (Å²) in [6, 6.07) is 10.6. The summed E-state index contributed by atoms with van der Waals surface area (Å²) >= 11 is 0. The first kappa shape index (κ1) is 16.1. The van der Waals surface area contributed by atoms with E-state index in [0.717, 1.165) is 22.3 Å². The number of aliphatic hydroxyl groups is 2. The number of hydrogen-bond donors (Lipinski definition) is 5. The quantitative estimate of drug-likeness (QED) is 0.471. The number of aromatic nitrogens is 2. The fraction of sp³-hybridized carbons (Fsp3) is 0.235. The standard InChI is InChI=1S/C17H19N3O4/c1-24-16-6-10(2-5-15(16)23)17-19-13-4-3-11(7-14(13)20-17)18-8-12(22)9-21/h2-7,12,18,21-23H,8-9H2,1H3,(H,19,20). The number of aliphatic hydroxyl groups excluding tert-OH is 2. The number of benzene rings is 2. The second-order valence-corrected chi connectivity index (χ2v) is 5.42. The van der Waals surface area contributed by atoms with Crippen molar-refractivity contribution in [2.45, 2.75) is 6.10 Å². The Hall–Kier alpha value is -2.77. The number of fused-ring (bicyclic) bond motifs is 1. The number of H-pyrrole nitrogens is 1. The number of aromatic amines is 1. The van der Waals surface area contributed by atoms with Crippen molar-refractivity contribution < 1.29 is 20.1 Å². The average Bonchev–Trinajstić information content (AvgIpc) is 3.03. The molecule has 2 aromatic carbocycles. The molecule has 0 aliphatic rings. The Balaban J connectivity index is 1.88. The number of aromatic hydroxyl groups is 1. The molecule has 0 fully saturated rings. The third kappa shape index (κ3) is 3.27. The van der Waals surface area contributed by atoms with E-state index >= 15 is 0 Å². The van der Waals surface area contributed by atoms with Crippen LogP contribution in [0.3, 0.4) is 0 Å². The first-order valence-corrected chi connectivity index (χ1v) is 7.50. The van der Waals surface area contributed by atoms with Crippen LogP contribution in [0.2, 0.25) is 0 Å². The highest BCUT2D eigenvalue weighted by Gasteiger charge is 2.10. The molecule has 0 bridgehead atoms. The predicted octanol–water partition coefficient (Wildman–Crippen LogP) is 1.71. The summed E-state index contributed by atoms with van der Waals surface area (Å²) < 4.78 is 5.12. The zero-order chi connectivity index (χ0) is 17.1. The molecular formula is C17H19N3O4. The maximum atomic E-state index is 9.68. The molecule has 0 radical (unpaired) electrons. The van der Waals surface area contributed by atoms with Crippen LogP contribution >= 0.6 is 0 Å². The van der Waals surface area contributed by atoms with Gasteiger partial charge in [-0.05, 0) is 36.4 Å². The molecule has 7 nitrogen and oxygen atoms in total. The fourth-order valence-corrected chi connectivity index (χ4v) is 2.38. The Morgan fingerprint density at radius 1 is 1.25 bits per heavy atom. The number of rotatable bonds is 6. The van der Waals surface area contributed by atoms with E-state index in [2.05, 4.69) is 15.3 Å². The summed E-state index contributed by atoms with van der Waals surface area (Å²) in [7, 11) is 1.50. The predicted molar refractivity (Wildman–Crippen MR) is 91.3 cm³/mol. The molecule has 0 saturated carbocycles. The van der Waals surface area contributed by atoms with Crippen molar-refractivity contribution in [3.8, 4) is 22.9 Å². The van der Waals surface area contributed by atoms with Crippen molar-refractivity contribution in [2.75, 3.05) is 25.6 Å². The van der Waals surface area contributed by atoms with E-state index in [1.54, 1.807) is 18.2 Å². The van der Waals surface area contributed by atoms with Gasteiger partial charge in [-0.1, -0.05) is 0 Å². The monoisotopic (exact) mass is 329 g/mol. The second-order valence-electron chi connectivity index (χ2n) is 5.42. The normalized spacial score (nSPS) is 12.3. The maximum Gasteiger partial charge on any atom is 0.161 e. The first-order chi connectivity index (χ1) is 11.6. The number of nitrogens with zero attached hydrogens (tertiary/aromatic N) is 1. The molecule has 126 valence electrons. The molecular weight excluding hydrogens is 310 g/mol. The number of nitrogens with one attached hydrogen (secondary N) is 2. The van der Waals surface area contributed by atoms with Crippen LogP contribution in [-0.4, -0.2) is 51.7 Å². The Bertz CT molecular complexity index is 847. The molecule has 24 heavy (non-hydrogen) atoms. The number of anilines is 1. The highest BCUT2D eigenvalue weighted by molar-refractivity contribution is 5.83. The van der Waals surface area contributed by atoms with Crippen molar-refractivity contribution in [1.29, 1.82) is 0 Å². The minimum Gasteiger partial charge on any atom is -0.504 e. The molecule has 0 aliphatic carbocycles. The number of phenols is 1. The van der Waals surface area contributed by atoms with Crippen LogP contribution in [0.25, 0.3) is 22.4 Å². The molecule has 0 amide bonds. The summed E-state index contributed by atoms with van der Waals surface area (Å²) in [4.78, 5) is 7.76. The zero-order valence-corrected chi connectivity index (χ0v) is 13.2. The molecule has 1 aromatic heterocycles. The van der Waals surface area contributed by atoms with Crippen molar-refractivity contribution in [1.82, 2.24) is 9.97 Å². The van der Waals surface area contributed by atoms with Gasteiger partial charge in [0.25, 0.3) is 0 Å². The van der Waals surface area contributed by atoms with E-state index in [9.17, 15) is 10.2 Å². The van der Waals surface area contributed by atoms with Gasteiger partial charge in [-0.2, -0.15) is 0 Å². The highest BCUT2D eigenvalue weighted by atomic mass is 16.5. The first-order valence-electron chi connectivity index (χ1n) is 7.50. The van der Waals surface area contributed by atoms with Crippen LogP contribution in [0.15, 0.2) is 36.4 Å². The molecule has 5 N–H and O–H groups in total. The lowest BCUT2D eigenvalue weighted by Crippen LogP contribution is -2.22. The van der Waals surface area contributed by atoms with Crippen LogP contribution in [0.5, 0.6) is 11.5 Å². The van der Waals surface area contributed by atoms with Gasteiger partial charge in [-0.3, -0.25) is 0 Å². The number of phenolic OH excluding ortho intramolecular Hbond substituents is 1. The van der Waals surface area contributed by atoms with Crippen LogP contribution in [0.1, 0.15) is 0 Å². The minimum atomic E-state index is -0.803.